The van der Waals surface area contributed by atoms with E-state index in [1.54, 1.807) is 44.2 Å². The molecule has 31 heavy (non-hydrogen) atoms. The Morgan fingerprint density at radius 1 is 1.16 bits per heavy atom. The van der Waals surface area contributed by atoms with Crippen molar-refractivity contribution < 1.29 is 28.3 Å². The number of carbonyl (C=O) groups excluding carboxylic acids is 3. The zero-order chi connectivity index (χ0) is 22.5. The molecule has 3 rings (SSSR count). The van der Waals surface area contributed by atoms with Crippen LogP contribution in [0.25, 0.3) is 0 Å². The van der Waals surface area contributed by atoms with Crippen molar-refractivity contribution in [3.63, 3.8) is 0 Å². The molecule has 0 fully saturated rings. The number of halogens is 1. The van der Waals surface area contributed by atoms with E-state index in [0.29, 0.717) is 22.1 Å². The maximum absolute atomic E-state index is 12.6. The predicted octanol–water partition coefficient (Wildman–Crippen LogP) is 4.41. The molecule has 2 heterocycles. The minimum atomic E-state index is -0.701. The second kappa shape index (κ2) is 9.67. The van der Waals surface area contributed by atoms with Crippen LogP contribution in [0.1, 0.15) is 48.8 Å². The first kappa shape index (κ1) is 22.4. The zero-order valence-corrected chi connectivity index (χ0v) is 18.3. The van der Waals surface area contributed by atoms with Crippen molar-refractivity contribution in [3.05, 3.63) is 68.9 Å². The number of carbonyl (C=O) groups is 3. The number of rotatable bonds is 8. The third kappa shape index (κ3) is 5.25. The minimum absolute atomic E-state index is 0.0104. The van der Waals surface area contributed by atoms with Crippen molar-refractivity contribution in [2.75, 3.05) is 11.9 Å². The zero-order valence-electron chi connectivity index (χ0n) is 16.7. The lowest BCUT2D eigenvalue weighted by atomic mass is 10.1. The van der Waals surface area contributed by atoms with Gasteiger partial charge in [-0.25, -0.2) is 4.79 Å². The van der Waals surface area contributed by atoms with Crippen LogP contribution in [0.4, 0.5) is 5.00 Å². The van der Waals surface area contributed by atoms with Crippen LogP contribution in [0, 0.1) is 6.92 Å². The summed E-state index contributed by atoms with van der Waals surface area (Å²) in [5.74, 6) is -0.926. The van der Waals surface area contributed by atoms with E-state index in [4.69, 9.17) is 31.2 Å². The van der Waals surface area contributed by atoms with Crippen LogP contribution in [0.5, 0.6) is 5.75 Å². The van der Waals surface area contributed by atoms with Crippen LogP contribution >= 0.6 is 22.9 Å². The normalized spacial score (nSPS) is 10.5. The van der Waals surface area contributed by atoms with Crippen LogP contribution in [0.2, 0.25) is 5.02 Å². The molecule has 0 bridgehead atoms. The molecule has 0 saturated carbocycles. The second-order valence-corrected chi connectivity index (χ2v) is 7.76. The van der Waals surface area contributed by atoms with Gasteiger partial charge in [-0.2, -0.15) is 0 Å². The molecule has 0 radical (unpaired) electrons. The Labute approximate surface area is 186 Å². The Morgan fingerprint density at radius 3 is 2.52 bits per heavy atom. The van der Waals surface area contributed by atoms with Gasteiger partial charge in [0.25, 0.3) is 11.8 Å². The Hall–Kier alpha value is -3.30. The predicted molar refractivity (Wildman–Crippen MR) is 116 cm³/mol. The lowest BCUT2D eigenvalue weighted by Crippen LogP contribution is -2.14. The molecule has 0 aliphatic heterocycles. The fourth-order valence-corrected chi connectivity index (χ4v) is 3.88. The van der Waals surface area contributed by atoms with Crippen molar-refractivity contribution >= 4 is 45.7 Å². The van der Waals surface area contributed by atoms with Gasteiger partial charge in [0.05, 0.1) is 17.0 Å². The highest BCUT2D eigenvalue weighted by Gasteiger charge is 2.26. The van der Waals surface area contributed by atoms with Gasteiger partial charge >= 0.3 is 5.97 Å². The molecule has 2 aromatic heterocycles. The highest BCUT2D eigenvalue weighted by molar-refractivity contribution is 7.18. The van der Waals surface area contributed by atoms with Crippen molar-refractivity contribution in [1.82, 2.24) is 0 Å². The molecule has 2 amide bonds. The molecule has 3 N–H and O–H groups in total. The molecule has 0 aliphatic carbocycles. The number of hydrogen-bond donors (Lipinski definition) is 2. The van der Waals surface area contributed by atoms with Gasteiger partial charge in [-0.05, 0) is 55.8 Å². The third-order valence-corrected chi connectivity index (χ3v) is 5.63. The number of esters is 1. The average molecular weight is 463 g/mol. The number of ether oxygens (including phenoxy) is 2. The van der Waals surface area contributed by atoms with Crippen LogP contribution in [-0.2, 0) is 11.3 Å². The van der Waals surface area contributed by atoms with Crippen LogP contribution in [0.15, 0.2) is 40.8 Å². The fourth-order valence-electron chi connectivity index (χ4n) is 2.71. The minimum Gasteiger partial charge on any atom is -0.486 e. The molecule has 0 unspecified atom stereocenters. The number of nitrogens with one attached hydrogen (secondary N) is 1. The first-order valence-electron chi connectivity index (χ1n) is 9.18. The summed E-state index contributed by atoms with van der Waals surface area (Å²) < 4.78 is 16.1. The highest BCUT2D eigenvalue weighted by Crippen LogP contribution is 2.34. The fraction of sp³-hybridized carbons (Fsp3) is 0.190. The van der Waals surface area contributed by atoms with Crippen LogP contribution < -0.4 is 15.8 Å². The molecule has 0 spiro atoms. The molecule has 0 aliphatic rings. The number of amides is 2. The van der Waals surface area contributed by atoms with E-state index >= 15 is 0 Å². The van der Waals surface area contributed by atoms with Gasteiger partial charge in [-0.15, -0.1) is 11.3 Å². The number of furan rings is 1. The largest absolute Gasteiger partial charge is 0.486 e. The Kier molecular flexibility index (Phi) is 6.98. The lowest BCUT2D eigenvalue weighted by molar-refractivity contribution is 0.0527. The maximum Gasteiger partial charge on any atom is 0.341 e. The topological polar surface area (TPSA) is 121 Å². The summed E-state index contributed by atoms with van der Waals surface area (Å²) in [5.41, 5.74) is 5.81. The number of hydrogen-bond acceptors (Lipinski definition) is 7. The van der Waals surface area contributed by atoms with Crippen molar-refractivity contribution in [1.29, 1.82) is 0 Å². The molecule has 10 heteroatoms. The van der Waals surface area contributed by atoms with Crippen molar-refractivity contribution in [3.8, 4) is 5.75 Å². The molecule has 1 aromatic carbocycles. The molecule has 162 valence electrons. The van der Waals surface area contributed by atoms with Gasteiger partial charge in [-0.3, -0.25) is 9.59 Å². The molecule has 0 saturated heterocycles. The Balaban J connectivity index is 1.74. The van der Waals surface area contributed by atoms with Crippen LogP contribution in [-0.4, -0.2) is 24.4 Å². The van der Waals surface area contributed by atoms with Gasteiger partial charge in [0.2, 0.25) is 0 Å². The van der Waals surface area contributed by atoms with E-state index in [1.165, 1.54) is 6.07 Å². The highest BCUT2D eigenvalue weighted by atomic mass is 35.5. The van der Waals surface area contributed by atoms with Gasteiger partial charge in [0.15, 0.2) is 5.76 Å². The summed E-state index contributed by atoms with van der Waals surface area (Å²) in [6.45, 7) is 3.47. The quantitative estimate of drug-likeness (QED) is 0.478. The number of primary amides is 1. The smallest absolute Gasteiger partial charge is 0.341 e. The van der Waals surface area contributed by atoms with Gasteiger partial charge in [0.1, 0.15) is 23.1 Å². The molecular formula is C21H19ClN2O6S. The number of anilines is 1. The summed E-state index contributed by atoms with van der Waals surface area (Å²) >= 11 is 6.74. The Bertz CT molecular complexity index is 1120. The van der Waals surface area contributed by atoms with Gasteiger partial charge in [-0.1, -0.05) is 11.6 Å². The number of thiophene rings is 1. The van der Waals surface area contributed by atoms with Crippen molar-refractivity contribution in [2.24, 2.45) is 5.73 Å². The maximum atomic E-state index is 12.6. The lowest BCUT2D eigenvalue weighted by Gasteiger charge is -2.06. The summed E-state index contributed by atoms with van der Waals surface area (Å²) in [6.07, 6.45) is 0. The van der Waals surface area contributed by atoms with Crippen LogP contribution in [0.3, 0.4) is 0 Å². The van der Waals surface area contributed by atoms with E-state index in [-0.39, 0.29) is 34.4 Å². The van der Waals surface area contributed by atoms with E-state index in [0.717, 1.165) is 11.3 Å². The summed E-state index contributed by atoms with van der Waals surface area (Å²) in [7, 11) is 0. The first-order chi connectivity index (χ1) is 14.8. The van der Waals surface area contributed by atoms with Crippen molar-refractivity contribution in [2.45, 2.75) is 20.5 Å². The molecule has 8 nitrogen and oxygen atoms in total. The summed E-state index contributed by atoms with van der Waals surface area (Å²) in [6, 6.07) is 9.91. The number of benzene rings is 1. The first-order valence-corrected chi connectivity index (χ1v) is 10.4. The SMILES string of the molecule is CCOC(=O)c1c(NC(=O)c2ccc(COc3ccc(Cl)cc3)o2)sc(C(N)=O)c1C. The average Bonchev–Trinajstić information content (AvgIpc) is 3.32. The second-order valence-electron chi connectivity index (χ2n) is 6.31. The summed E-state index contributed by atoms with van der Waals surface area (Å²) in [5, 5.41) is 3.35. The molecule has 3 aromatic rings. The van der Waals surface area contributed by atoms with E-state index < -0.39 is 17.8 Å². The van der Waals surface area contributed by atoms with Gasteiger partial charge < -0.3 is 24.9 Å². The van der Waals surface area contributed by atoms with E-state index in [1.807, 2.05) is 0 Å². The Morgan fingerprint density at radius 2 is 1.87 bits per heavy atom. The summed E-state index contributed by atoms with van der Waals surface area (Å²) in [4.78, 5) is 36.8. The monoisotopic (exact) mass is 462 g/mol. The van der Waals surface area contributed by atoms with Gasteiger partial charge in [0, 0.05) is 5.02 Å². The number of nitrogens with two attached hydrogens (primary N) is 1. The standard InChI is InChI=1S/C21H19ClN2O6S/c1-3-28-21(27)16-11(2)17(18(23)25)31-20(16)24-19(26)15-9-8-14(30-15)10-29-13-6-4-12(22)5-7-13/h4-9H,3,10H2,1-2H3,(H2,23,25)(H,24,26). The molecule has 0 atom stereocenters. The third-order valence-electron chi connectivity index (χ3n) is 4.16. The molecular weight excluding hydrogens is 444 g/mol. The van der Waals surface area contributed by atoms with E-state index in [2.05, 4.69) is 5.32 Å². The van der Waals surface area contributed by atoms with E-state index in [9.17, 15) is 14.4 Å².